The standard InChI is InChI=1S/C13H25N3O/c1-3-14-12-5-4-7-16(13(12)17)10-11-6-8-15(2)9-11/h11-12,14H,3-10H2,1-2H3. The second-order valence-corrected chi connectivity index (χ2v) is 5.45. The average Bonchev–Trinajstić information content (AvgIpc) is 2.70. The molecule has 17 heavy (non-hydrogen) atoms. The van der Waals surface area contributed by atoms with Crippen LogP contribution in [0, 0.1) is 5.92 Å². The summed E-state index contributed by atoms with van der Waals surface area (Å²) < 4.78 is 0. The van der Waals surface area contributed by atoms with Crippen LogP contribution in [0.15, 0.2) is 0 Å². The molecule has 2 unspecified atom stereocenters. The van der Waals surface area contributed by atoms with Gasteiger partial charge in [0, 0.05) is 19.6 Å². The third kappa shape index (κ3) is 3.19. The molecular weight excluding hydrogens is 214 g/mol. The SMILES string of the molecule is CCNC1CCCN(CC2CCN(C)C2)C1=O. The fraction of sp³-hybridized carbons (Fsp3) is 0.923. The first-order chi connectivity index (χ1) is 8.20. The molecule has 0 aromatic heterocycles. The molecule has 2 aliphatic heterocycles. The molecule has 2 heterocycles. The smallest absolute Gasteiger partial charge is 0.239 e. The number of rotatable bonds is 4. The van der Waals surface area contributed by atoms with E-state index in [1.54, 1.807) is 0 Å². The molecule has 2 fully saturated rings. The number of hydrogen-bond donors (Lipinski definition) is 1. The molecule has 98 valence electrons. The summed E-state index contributed by atoms with van der Waals surface area (Å²) in [5.74, 6) is 1.01. The van der Waals surface area contributed by atoms with Crippen molar-refractivity contribution < 1.29 is 4.79 Å². The lowest BCUT2D eigenvalue weighted by Gasteiger charge is -2.34. The van der Waals surface area contributed by atoms with Crippen LogP contribution < -0.4 is 5.32 Å². The highest BCUT2D eigenvalue weighted by Gasteiger charge is 2.30. The van der Waals surface area contributed by atoms with Crippen molar-refractivity contribution in [3.05, 3.63) is 0 Å². The highest BCUT2D eigenvalue weighted by atomic mass is 16.2. The van der Waals surface area contributed by atoms with Crippen LogP contribution in [0.5, 0.6) is 0 Å². The first kappa shape index (κ1) is 12.8. The van der Waals surface area contributed by atoms with Crippen molar-refractivity contribution in [2.24, 2.45) is 5.92 Å². The van der Waals surface area contributed by atoms with Gasteiger partial charge in [-0.3, -0.25) is 4.79 Å². The summed E-state index contributed by atoms with van der Waals surface area (Å²) in [5, 5.41) is 3.30. The summed E-state index contributed by atoms with van der Waals surface area (Å²) in [6.07, 6.45) is 3.39. The van der Waals surface area contributed by atoms with Crippen molar-refractivity contribution in [1.82, 2.24) is 15.1 Å². The summed E-state index contributed by atoms with van der Waals surface area (Å²) in [7, 11) is 2.17. The van der Waals surface area contributed by atoms with E-state index in [1.807, 2.05) is 0 Å². The molecule has 0 aliphatic carbocycles. The van der Waals surface area contributed by atoms with E-state index in [4.69, 9.17) is 0 Å². The van der Waals surface area contributed by atoms with Crippen molar-refractivity contribution >= 4 is 5.91 Å². The Bertz CT molecular complexity index is 267. The molecule has 2 saturated heterocycles. The van der Waals surface area contributed by atoms with E-state index in [9.17, 15) is 4.79 Å². The minimum absolute atomic E-state index is 0.0767. The van der Waals surface area contributed by atoms with Gasteiger partial charge in [-0.1, -0.05) is 6.92 Å². The first-order valence-corrected chi connectivity index (χ1v) is 6.91. The summed E-state index contributed by atoms with van der Waals surface area (Å²) in [6.45, 7) is 7.21. The molecule has 2 aliphatic rings. The summed E-state index contributed by atoms with van der Waals surface area (Å²) >= 11 is 0. The van der Waals surface area contributed by atoms with Crippen LogP contribution in [0.3, 0.4) is 0 Å². The second kappa shape index (κ2) is 5.83. The molecule has 1 amide bonds. The first-order valence-electron chi connectivity index (χ1n) is 6.91. The Morgan fingerprint density at radius 2 is 2.18 bits per heavy atom. The van der Waals surface area contributed by atoms with Gasteiger partial charge in [-0.15, -0.1) is 0 Å². The van der Waals surface area contributed by atoms with Crippen LogP contribution in [0.25, 0.3) is 0 Å². The molecule has 4 nitrogen and oxygen atoms in total. The van der Waals surface area contributed by atoms with Crippen LogP contribution in [0.2, 0.25) is 0 Å². The monoisotopic (exact) mass is 239 g/mol. The lowest BCUT2D eigenvalue weighted by atomic mass is 10.0. The number of amides is 1. The van der Waals surface area contributed by atoms with Gasteiger partial charge in [-0.05, 0) is 45.3 Å². The van der Waals surface area contributed by atoms with Gasteiger partial charge in [0.05, 0.1) is 6.04 Å². The van der Waals surface area contributed by atoms with E-state index in [0.29, 0.717) is 11.8 Å². The number of carbonyl (C=O) groups excluding carboxylic acids is 1. The topological polar surface area (TPSA) is 35.6 Å². The highest BCUT2D eigenvalue weighted by Crippen LogP contribution is 2.19. The van der Waals surface area contributed by atoms with E-state index >= 15 is 0 Å². The van der Waals surface area contributed by atoms with Gasteiger partial charge in [0.25, 0.3) is 0 Å². The fourth-order valence-corrected chi connectivity index (χ4v) is 3.04. The largest absolute Gasteiger partial charge is 0.341 e. The summed E-state index contributed by atoms with van der Waals surface area (Å²) in [5.41, 5.74) is 0. The summed E-state index contributed by atoms with van der Waals surface area (Å²) in [4.78, 5) is 16.7. The number of nitrogens with one attached hydrogen (secondary N) is 1. The Morgan fingerprint density at radius 3 is 2.82 bits per heavy atom. The number of piperidine rings is 1. The molecule has 4 heteroatoms. The zero-order valence-corrected chi connectivity index (χ0v) is 11.1. The molecule has 1 N–H and O–H groups in total. The van der Waals surface area contributed by atoms with Gasteiger partial charge < -0.3 is 15.1 Å². The number of carbonyl (C=O) groups is 1. The zero-order valence-electron chi connectivity index (χ0n) is 11.1. The molecule has 0 aromatic carbocycles. The zero-order chi connectivity index (χ0) is 12.3. The van der Waals surface area contributed by atoms with Crippen molar-refractivity contribution in [3.63, 3.8) is 0 Å². The van der Waals surface area contributed by atoms with E-state index in [1.165, 1.54) is 13.0 Å². The predicted octanol–water partition coefficient (Wildman–Crippen LogP) is 0.539. The van der Waals surface area contributed by atoms with Crippen molar-refractivity contribution in [2.75, 3.05) is 39.8 Å². The maximum atomic E-state index is 12.2. The predicted molar refractivity (Wildman–Crippen MR) is 68.9 cm³/mol. The average molecular weight is 239 g/mol. The van der Waals surface area contributed by atoms with Crippen molar-refractivity contribution in [1.29, 1.82) is 0 Å². The van der Waals surface area contributed by atoms with Crippen LogP contribution in [0.1, 0.15) is 26.2 Å². The lowest BCUT2D eigenvalue weighted by Crippen LogP contribution is -2.51. The minimum atomic E-state index is 0.0767. The van der Waals surface area contributed by atoms with Gasteiger partial charge in [-0.25, -0.2) is 0 Å². The molecule has 2 rings (SSSR count). The van der Waals surface area contributed by atoms with Crippen LogP contribution >= 0.6 is 0 Å². The third-order valence-corrected chi connectivity index (χ3v) is 3.95. The number of likely N-dealkylation sites (N-methyl/N-ethyl adjacent to an activating group) is 1. The maximum absolute atomic E-state index is 12.2. The van der Waals surface area contributed by atoms with E-state index in [2.05, 4.69) is 29.1 Å². The van der Waals surface area contributed by atoms with Gasteiger partial charge in [0.15, 0.2) is 0 Å². The Kier molecular flexibility index (Phi) is 4.40. The van der Waals surface area contributed by atoms with Gasteiger partial charge in [-0.2, -0.15) is 0 Å². The number of likely N-dealkylation sites (tertiary alicyclic amines) is 2. The molecule has 0 radical (unpaired) electrons. The van der Waals surface area contributed by atoms with Crippen LogP contribution in [-0.4, -0.2) is 61.5 Å². The Labute approximate surface area is 104 Å². The molecule has 0 spiro atoms. The Hall–Kier alpha value is -0.610. The molecule has 0 aromatic rings. The minimum Gasteiger partial charge on any atom is -0.341 e. The van der Waals surface area contributed by atoms with Crippen molar-refractivity contribution in [3.8, 4) is 0 Å². The number of hydrogen-bond acceptors (Lipinski definition) is 3. The van der Waals surface area contributed by atoms with Crippen LogP contribution in [-0.2, 0) is 4.79 Å². The third-order valence-electron chi connectivity index (χ3n) is 3.95. The quantitative estimate of drug-likeness (QED) is 0.778. The van der Waals surface area contributed by atoms with Crippen molar-refractivity contribution in [2.45, 2.75) is 32.2 Å². The van der Waals surface area contributed by atoms with Gasteiger partial charge in [0.1, 0.15) is 0 Å². The molecule has 0 bridgehead atoms. The molecule has 2 atom stereocenters. The van der Waals surface area contributed by atoms with Gasteiger partial charge >= 0.3 is 0 Å². The lowest BCUT2D eigenvalue weighted by molar-refractivity contribution is -0.136. The van der Waals surface area contributed by atoms with E-state index in [-0.39, 0.29) is 6.04 Å². The van der Waals surface area contributed by atoms with Crippen LogP contribution in [0.4, 0.5) is 0 Å². The maximum Gasteiger partial charge on any atom is 0.239 e. The molecule has 0 saturated carbocycles. The van der Waals surface area contributed by atoms with E-state index in [0.717, 1.165) is 39.0 Å². The molecular formula is C13H25N3O. The second-order valence-electron chi connectivity index (χ2n) is 5.45. The fourth-order valence-electron chi connectivity index (χ4n) is 3.04. The Balaban J connectivity index is 1.85. The van der Waals surface area contributed by atoms with E-state index < -0.39 is 0 Å². The highest BCUT2D eigenvalue weighted by molar-refractivity contribution is 5.82. The van der Waals surface area contributed by atoms with Gasteiger partial charge in [0.2, 0.25) is 5.91 Å². The Morgan fingerprint density at radius 1 is 1.35 bits per heavy atom. The normalized spacial score (nSPS) is 31.2. The number of nitrogens with zero attached hydrogens (tertiary/aromatic N) is 2. The summed E-state index contributed by atoms with van der Waals surface area (Å²) in [6, 6.07) is 0.0767.